The maximum absolute atomic E-state index is 6.32. The standard InChI is InChI=1S/C38H23NOSe/c1-2-10-27(11-3-1)39(28-15-18-30-26(20-28)14-17-32-31-12-6-7-13-37(31)41-38(30)32)29-16-19-35-34(23-29)33-21-24-8-4-5-9-25(24)22-36(33)40-35/h1-23H. The Balaban J connectivity index is 1.25. The van der Waals surface area contributed by atoms with E-state index in [-0.39, 0.29) is 0 Å². The van der Waals surface area contributed by atoms with E-state index in [4.69, 9.17) is 4.42 Å². The first-order valence-electron chi connectivity index (χ1n) is 13.8. The number of anilines is 3. The second kappa shape index (κ2) is 8.84. The molecule has 0 amide bonds. The molecule has 0 saturated heterocycles. The van der Waals surface area contributed by atoms with Crippen molar-refractivity contribution in [2.24, 2.45) is 0 Å². The van der Waals surface area contributed by atoms with Gasteiger partial charge in [-0.1, -0.05) is 24.3 Å². The molecule has 192 valence electrons. The molecular weight excluding hydrogens is 565 g/mol. The number of rotatable bonds is 3. The Bertz CT molecular complexity index is 2430. The number of hydrogen-bond donors (Lipinski definition) is 0. The van der Waals surface area contributed by atoms with Crippen LogP contribution >= 0.6 is 0 Å². The molecule has 2 aromatic heterocycles. The average Bonchev–Trinajstić information content (AvgIpc) is 3.58. The molecule has 0 fully saturated rings. The minimum absolute atomic E-state index is 0.323. The van der Waals surface area contributed by atoms with Crippen molar-refractivity contribution < 1.29 is 4.42 Å². The van der Waals surface area contributed by atoms with Gasteiger partial charge in [-0.2, -0.15) is 0 Å². The third-order valence-corrected chi connectivity index (χ3v) is 10.8. The second-order valence-corrected chi connectivity index (χ2v) is 12.8. The van der Waals surface area contributed by atoms with Crippen molar-refractivity contribution in [3.63, 3.8) is 0 Å². The predicted octanol–water partition coefficient (Wildman–Crippen LogP) is 10.7. The van der Waals surface area contributed by atoms with Gasteiger partial charge in [-0.3, -0.25) is 0 Å². The summed E-state index contributed by atoms with van der Waals surface area (Å²) in [7, 11) is 0. The molecule has 41 heavy (non-hydrogen) atoms. The number of para-hydroxylation sites is 1. The van der Waals surface area contributed by atoms with E-state index < -0.39 is 0 Å². The van der Waals surface area contributed by atoms with Crippen LogP contribution in [-0.4, -0.2) is 14.5 Å². The van der Waals surface area contributed by atoms with Crippen LogP contribution in [0.25, 0.3) is 62.8 Å². The fourth-order valence-electron chi connectivity index (χ4n) is 6.25. The van der Waals surface area contributed by atoms with Gasteiger partial charge in [-0.15, -0.1) is 0 Å². The molecule has 2 nitrogen and oxygen atoms in total. The van der Waals surface area contributed by atoms with Gasteiger partial charge < -0.3 is 0 Å². The van der Waals surface area contributed by atoms with Crippen LogP contribution in [0.5, 0.6) is 0 Å². The first-order valence-corrected chi connectivity index (χ1v) is 15.6. The molecule has 9 aromatic rings. The van der Waals surface area contributed by atoms with Gasteiger partial charge in [0.05, 0.1) is 0 Å². The average molecular weight is 589 g/mol. The predicted molar refractivity (Wildman–Crippen MR) is 175 cm³/mol. The van der Waals surface area contributed by atoms with Crippen LogP contribution in [0.3, 0.4) is 0 Å². The van der Waals surface area contributed by atoms with Crippen LogP contribution in [-0.2, 0) is 0 Å². The number of benzene rings is 7. The fourth-order valence-corrected chi connectivity index (χ4v) is 8.85. The van der Waals surface area contributed by atoms with Gasteiger partial charge in [0.2, 0.25) is 0 Å². The summed E-state index contributed by atoms with van der Waals surface area (Å²) in [5, 5.41) is 10.1. The topological polar surface area (TPSA) is 16.4 Å². The molecule has 0 saturated carbocycles. The van der Waals surface area contributed by atoms with Gasteiger partial charge in [0.25, 0.3) is 0 Å². The van der Waals surface area contributed by atoms with E-state index in [2.05, 4.69) is 144 Å². The van der Waals surface area contributed by atoms with E-state index in [0.29, 0.717) is 14.5 Å². The van der Waals surface area contributed by atoms with Crippen molar-refractivity contribution in [2.75, 3.05) is 4.90 Å². The van der Waals surface area contributed by atoms with Crippen LogP contribution in [0.15, 0.2) is 144 Å². The van der Waals surface area contributed by atoms with Crippen molar-refractivity contribution in [2.45, 2.75) is 0 Å². The fraction of sp³-hybridized carbons (Fsp3) is 0. The van der Waals surface area contributed by atoms with Gasteiger partial charge in [0, 0.05) is 0 Å². The maximum atomic E-state index is 6.32. The first kappa shape index (κ1) is 22.9. The summed E-state index contributed by atoms with van der Waals surface area (Å²) < 4.78 is 9.29. The Morgan fingerprint density at radius 1 is 0.415 bits per heavy atom. The quantitative estimate of drug-likeness (QED) is 0.191. The summed E-state index contributed by atoms with van der Waals surface area (Å²) in [5.74, 6) is 0. The van der Waals surface area contributed by atoms with E-state index in [1.165, 1.54) is 40.8 Å². The van der Waals surface area contributed by atoms with Gasteiger partial charge in [0.15, 0.2) is 0 Å². The molecule has 7 aromatic carbocycles. The molecule has 0 bridgehead atoms. The van der Waals surface area contributed by atoms with E-state index in [1.807, 2.05) is 0 Å². The van der Waals surface area contributed by atoms with Crippen LogP contribution in [0.1, 0.15) is 0 Å². The van der Waals surface area contributed by atoms with E-state index >= 15 is 0 Å². The van der Waals surface area contributed by atoms with Gasteiger partial charge in [-0.25, -0.2) is 0 Å². The van der Waals surface area contributed by atoms with Crippen LogP contribution in [0.2, 0.25) is 0 Å². The summed E-state index contributed by atoms with van der Waals surface area (Å²) in [5.41, 5.74) is 5.20. The molecule has 3 heteroatoms. The molecule has 0 aliphatic rings. The molecule has 0 aliphatic heterocycles. The van der Waals surface area contributed by atoms with Crippen molar-refractivity contribution in [1.82, 2.24) is 0 Å². The number of fused-ring (bicyclic) bond motifs is 9. The summed E-state index contributed by atoms with van der Waals surface area (Å²) in [6.07, 6.45) is 0. The Morgan fingerprint density at radius 3 is 2.02 bits per heavy atom. The summed E-state index contributed by atoms with van der Waals surface area (Å²) in [6.45, 7) is 0. The van der Waals surface area contributed by atoms with E-state index in [0.717, 1.165) is 39.0 Å². The van der Waals surface area contributed by atoms with Gasteiger partial charge in [-0.05, 0) is 5.39 Å². The third-order valence-electron chi connectivity index (χ3n) is 8.20. The zero-order valence-corrected chi connectivity index (χ0v) is 23.8. The monoisotopic (exact) mass is 589 g/mol. The molecule has 2 heterocycles. The molecule has 0 unspecified atom stereocenters. The number of furan rings is 1. The van der Waals surface area contributed by atoms with Crippen LogP contribution in [0, 0.1) is 0 Å². The second-order valence-electron chi connectivity index (χ2n) is 10.6. The van der Waals surface area contributed by atoms with Crippen LogP contribution in [0.4, 0.5) is 17.1 Å². The van der Waals surface area contributed by atoms with Crippen molar-refractivity contribution in [3.8, 4) is 0 Å². The molecule has 0 aliphatic carbocycles. The zero-order valence-electron chi connectivity index (χ0n) is 22.0. The van der Waals surface area contributed by atoms with Crippen molar-refractivity contribution >= 4 is 94.3 Å². The Morgan fingerprint density at radius 2 is 1.12 bits per heavy atom. The number of nitrogens with zero attached hydrogens (tertiary/aromatic N) is 1. The first-order chi connectivity index (χ1) is 20.3. The van der Waals surface area contributed by atoms with Crippen LogP contribution < -0.4 is 4.90 Å². The van der Waals surface area contributed by atoms with Gasteiger partial charge >= 0.3 is 214 Å². The van der Waals surface area contributed by atoms with Crippen molar-refractivity contribution in [1.29, 1.82) is 0 Å². The Labute approximate surface area is 242 Å². The zero-order chi connectivity index (χ0) is 26.9. The molecule has 9 rings (SSSR count). The van der Waals surface area contributed by atoms with E-state index in [1.54, 1.807) is 0 Å². The normalized spacial score (nSPS) is 11.9. The van der Waals surface area contributed by atoms with Crippen molar-refractivity contribution in [3.05, 3.63) is 140 Å². The molecular formula is C38H23NOSe. The minimum atomic E-state index is 0.323. The summed E-state index contributed by atoms with van der Waals surface area (Å²) in [6, 6.07) is 50.5. The number of hydrogen-bond acceptors (Lipinski definition) is 2. The summed E-state index contributed by atoms with van der Waals surface area (Å²) in [4.78, 5) is 2.35. The summed E-state index contributed by atoms with van der Waals surface area (Å²) >= 11 is 0.323. The molecule has 0 N–H and O–H groups in total. The Kier molecular flexibility index (Phi) is 4.95. The Hall–Kier alpha value is -4.82. The molecule has 0 radical (unpaired) electrons. The van der Waals surface area contributed by atoms with Gasteiger partial charge in [0.1, 0.15) is 0 Å². The molecule has 0 atom stereocenters. The SMILES string of the molecule is c1ccc(N(c2ccc3c(ccc4c5ccccc5[se]c34)c2)c2ccc3oc4cc5ccccc5cc4c3c2)cc1. The molecule has 0 spiro atoms. The van der Waals surface area contributed by atoms with E-state index in [9.17, 15) is 0 Å². The third kappa shape index (κ3) is 3.57.